The quantitative estimate of drug-likeness (QED) is 0.745. The summed E-state index contributed by atoms with van der Waals surface area (Å²) in [5, 5.41) is -0.778. The van der Waals surface area contributed by atoms with E-state index in [1.807, 2.05) is 30.3 Å². The third-order valence-corrected chi connectivity index (χ3v) is 5.95. The van der Waals surface area contributed by atoms with Gasteiger partial charge in [0, 0.05) is 6.42 Å². The van der Waals surface area contributed by atoms with Crippen molar-refractivity contribution >= 4 is 15.7 Å². The van der Waals surface area contributed by atoms with E-state index >= 15 is 0 Å². The average Bonchev–Trinajstić information content (AvgIpc) is 2.61. The molecule has 0 heterocycles. The minimum atomic E-state index is -3.54. The van der Waals surface area contributed by atoms with Gasteiger partial charge in [-0.3, -0.25) is 9.63 Å². The van der Waals surface area contributed by atoms with E-state index in [-0.39, 0.29) is 17.9 Å². The van der Waals surface area contributed by atoms with Crippen molar-refractivity contribution < 1.29 is 18.0 Å². The zero-order valence-electron chi connectivity index (χ0n) is 13.5. The molecule has 0 aliphatic carbocycles. The van der Waals surface area contributed by atoms with Crippen molar-refractivity contribution in [2.75, 3.05) is 0 Å². The average molecular weight is 347 g/mol. The van der Waals surface area contributed by atoms with Gasteiger partial charge < -0.3 is 0 Å². The van der Waals surface area contributed by atoms with Gasteiger partial charge >= 0.3 is 0 Å². The first-order valence-corrected chi connectivity index (χ1v) is 9.32. The Kier molecular flexibility index (Phi) is 6.52. The maximum Gasteiger partial charge on any atom is 0.244 e. The maximum absolute atomic E-state index is 12.6. The van der Waals surface area contributed by atoms with Gasteiger partial charge in [-0.05, 0) is 24.1 Å². The first kappa shape index (κ1) is 18.2. The number of hydroxylamine groups is 1. The van der Waals surface area contributed by atoms with Crippen LogP contribution in [0.3, 0.4) is 0 Å². The summed E-state index contributed by atoms with van der Waals surface area (Å²) in [6.07, 6.45) is 0.214. The number of amides is 1. The van der Waals surface area contributed by atoms with Gasteiger partial charge in [-0.25, -0.2) is 13.9 Å². The van der Waals surface area contributed by atoms with Gasteiger partial charge in [0.25, 0.3) is 0 Å². The molecule has 1 atom stereocenters. The number of carbonyl (C=O) groups is 1. The number of rotatable bonds is 8. The highest BCUT2D eigenvalue weighted by atomic mass is 32.2. The van der Waals surface area contributed by atoms with Gasteiger partial charge in [0.1, 0.15) is 0 Å². The number of sulfone groups is 1. The molecular formula is C18H21NO4S. The van der Waals surface area contributed by atoms with E-state index in [1.165, 1.54) is 0 Å². The first-order chi connectivity index (χ1) is 11.5. The van der Waals surface area contributed by atoms with Crippen LogP contribution in [-0.4, -0.2) is 19.6 Å². The van der Waals surface area contributed by atoms with Crippen molar-refractivity contribution in [3.05, 3.63) is 66.2 Å². The Balaban J connectivity index is 1.91. The number of benzene rings is 2. The zero-order chi connectivity index (χ0) is 17.4. The van der Waals surface area contributed by atoms with Crippen molar-refractivity contribution in [2.24, 2.45) is 0 Å². The van der Waals surface area contributed by atoms with Crippen LogP contribution in [0.25, 0.3) is 0 Å². The zero-order valence-corrected chi connectivity index (χ0v) is 14.3. The fourth-order valence-corrected chi connectivity index (χ4v) is 4.03. The monoisotopic (exact) mass is 347 g/mol. The fraction of sp³-hybridized carbons (Fsp3) is 0.278. The van der Waals surface area contributed by atoms with Gasteiger partial charge in [-0.2, -0.15) is 0 Å². The van der Waals surface area contributed by atoms with E-state index in [0.29, 0.717) is 6.42 Å². The van der Waals surface area contributed by atoms with Gasteiger partial charge in [-0.1, -0.05) is 55.5 Å². The Morgan fingerprint density at radius 3 is 2.21 bits per heavy atom. The second-order valence-corrected chi connectivity index (χ2v) is 7.62. The molecule has 0 saturated heterocycles. The standard InChI is InChI=1S/C18H21NO4S/c1-2-16(24(21,22)17-11-7-4-8-12-17)13-18(20)19-23-14-15-9-5-3-6-10-15/h3-12,16H,2,13-14H2,1H3,(H,19,20). The van der Waals surface area contributed by atoms with Gasteiger partial charge in [-0.15, -0.1) is 0 Å². The van der Waals surface area contributed by atoms with Gasteiger partial charge in [0.05, 0.1) is 16.8 Å². The van der Waals surface area contributed by atoms with Crippen LogP contribution in [0.2, 0.25) is 0 Å². The molecule has 0 aliphatic heterocycles. The SMILES string of the molecule is CCC(CC(=O)NOCc1ccccc1)S(=O)(=O)c1ccccc1. The highest BCUT2D eigenvalue weighted by molar-refractivity contribution is 7.92. The number of hydrogen-bond donors (Lipinski definition) is 1. The Morgan fingerprint density at radius 2 is 1.62 bits per heavy atom. The molecule has 0 fully saturated rings. The van der Waals surface area contributed by atoms with Crippen molar-refractivity contribution in [1.29, 1.82) is 0 Å². The van der Waals surface area contributed by atoms with E-state index < -0.39 is 21.0 Å². The molecule has 1 unspecified atom stereocenters. The summed E-state index contributed by atoms with van der Waals surface area (Å²) in [5.41, 5.74) is 3.23. The summed E-state index contributed by atoms with van der Waals surface area (Å²) in [4.78, 5) is 17.4. The molecule has 24 heavy (non-hydrogen) atoms. The number of nitrogens with one attached hydrogen (secondary N) is 1. The molecule has 2 rings (SSSR count). The summed E-state index contributed by atoms with van der Waals surface area (Å²) >= 11 is 0. The highest BCUT2D eigenvalue weighted by Crippen LogP contribution is 2.20. The lowest BCUT2D eigenvalue weighted by atomic mass is 10.2. The largest absolute Gasteiger partial charge is 0.273 e. The highest BCUT2D eigenvalue weighted by Gasteiger charge is 2.28. The van der Waals surface area contributed by atoms with Crippen LogP contribution < -0.4 is 5.48 Å². The molecule has 0 aromatic heterocycles. The number of hydrogen-bond acceptors (Lipinski definition) is 4. The van der Waals surface area contributed by atoms with Crippen molar-refractivity contribution in [1.82, 2.24) is 5.48 Å². The van der Waals surface area contributed by atoms with Crippen LogP contribution in [0.4, 0.5) is 0 Å². The minimum absolute atomic E-state index is 0.136. The van der Waals surface area contributed by atoms with E-state index in [9.17, 15) is 13.2 Å². The summed E-state index contributed by atoms with van der Waals surface area (Å²) in [5.74, 6) is -0.447. The van der Waals surface area contributed by atoms with E-state index in [0.717, 1.165) is 5.56 Å². The Bertz CT molecular complexity index is 745. The van der Waals surface area contributed by atoms with Crippen LogP contribution in [0.5, 0.6) is 0 Å². The molecule has 2 aromatic rings. The molecule has 5 nitrogen and oxygen atoms in total. The number of carbonyl (C=O) groups excluding carboxylic acids is 1. The molecule has 0 spiro atoms. The van der Waals surface area contributed by atoms with Crippen molar-refractivity contribution in [3.8, 4) is 0 Å². The van der Waals surface area contributed by atoms with Crippen LogP contribution in [0, 0.1) is 0 Å². The predicted molar refractivity (Wildman–Crippen MR) is 91.7 cm³/mol. The smallest absolute Gasteiger partial charge is 0.244 e. The second-order valence-electron chi connectivity index (χ2n) is 5.39. The molecule has 1 amide bonds. The fourth-order valence-electron chi connectivity index (χ4n) is 2.30. The Hall–Kier alpha value is -2.18. The third-order valence-electron chi connectivity index (χ3n) is 3.65. The molecule has 0 bridgehead atoms. The Labute approximate surface area is 142 Å². The molecule has 6 heteroatoms. The van der Waals surface area contributed by atoms with Crippen LogP contribution in [0.15, 0.2) is 65.6 Å². The van der Waals surface area contributed by atoms with Crippen molar-refractivity contribution in [3.63, 3.8) is 0 Å². The maximum atomic E-state index is 12.6. The molecular weight excluding hydrogens is 326 g/mol. The summed E-state index contributed by atoms with van der Waals surface area (Å²) in [7, 11) is -3.54. The van der Waals surface area contributed by atoms with E-state index in [4.69, 9.17) is 4.84 Å². The molecule has 1 N–H and O–H groups in total. The first-order valence-electron chi connectivity index (χ1n) is 7.77. The normalized spacial score (nSPS) is 12.5. The van der Waals surface area contributed by atoms with Gasteiger partial charge in [0.2, 0.25) is 5.91 Å². The van der Waals surface area contributed by atoms with Gasteiger partial charge in [0.15, 0.2) is 9.84 Å². The van der Waals surface area contributed by atoms with E-state index in [2.05, 4.69) is 5.48 Å². The van der Waals surface area contributed by atoms with E-state index in [1.54, 1.807) is 37.3 Å². The summed E-state index contributed by atoms with van der Waals surface area (Å²) in [6.45, 7) is 1.98. The van der Waals surface area contributed by atoms with Crippen molar-refractivity contribution in [2.45, 2.75) is 36.5 Å². The second kappa shape index (κ2) is 8.61. The molecule has 2 aromatic carbocycles. The molecule has 128 valence electrons. The topological polar surface area (TPSA) is 72.5 Å². The summed E-state index contributed by atoms with van der Waals surface area (Å²) < 4.78 is 25.1. The lowest BCUT2D eigenvalue weighted by Crippen LogP contribution is -2.31. The third kappa shape index (κ3) is 4.91. The molecule has 0 radical (unpaired) electrons. The molecule has 0 aliphatic rings. The van der Waals surface area contributed by atoms with Crippen LogP contribution in [0.1, 0.15) is 25.3 Å². The lowest BCUT2D eigenvalue weighted by molar-refractivity contribution is -0.134. The minimum Gasteiger partial charge on any atom is -0.273 e. The van der Waals surface area contributed by atoms with Crippen LogP contribution in [-0.2, 0) is 26.1 Å². The summed E-state index contributed by atoms with van der Waals surface area (Å²) in [6, 6.07) is 17.6. The molecule has 0 saturated carbocycles. The lowest BCUT2D eigenvalue weighted by Gasteiger charge is -2.15. The van der Waals surface area contributed by atoms with Crippen LogP contribution >= 0.6 is 0 Å². The predicted octanol–water partition coefficient (Wildman–Crippen LogP) is 2.88. The Morgan fingerprint density at radius 1 is 1.04 bits per heavy atom.